The normalized spacial score (nSPS) is 9.53. The molecule has 3 nitrogen and oxygen atoms in total. The molecule has 0 aliphatic heterocycles. The van der Waals surface area contributed by atoms with Crippen LogP contribution in [-0.2, 0) is 13.6 Å². The molecule has 0 aliphatic rings. The second-order valence-electron chi connectivity index (χ2n) is 3.72. The molecule has 1 aromatic heterocycles. The number of anilines is 2. The smallest absolute Gasteiger partial charge is 0.279 e. The SMILES string of the molecule is C[n+]1ccccc1Nc1ccc(CN)cc1.[I-]. The number of benzene rings is 1. The molecule has 0 bridgehead atoms. The van der Waals surface area contributed by atoms with Crippen LogP contribution in [-0.4, -0.2) is 0 Å². The number of rotatable bonds is 3. The maximum Gasteiger partial charge on any atom is 0.279 e. The predicted octanol–water partition coefficient (Wildman–Crippen LogP) is -1.28. The van der Waals surface area contributed by atoms with Gasteiger partial charge in [-0.05, 0) is 23.8 Å². The quantitative estimate of drug-likeness (QED) is 0.539. The van der Waals surface area contributed by atoms with Crippen molar-refractivity contribution in [2.45, 2.75) is 6.54 Å². The lowest BCUT2D eigenvalue weighted by molar-refractivity contribution is -0.657. The summed E-state index contributed by atoms with van der Waals surface area (Å²) in [5.74, 6) is 1.06. The van der Waals surface area contributed by atoms with Crippen molar-refractivity contribution in [2.75, 3.05) is 5.32 Å². The molecule has 0 spiro atoms. The lowest BCUT2D eigenvalue weighted by atomic mass is 10.2. The molecule has 17 heavy (non-hydrogen) atoms. The van der Waals surface area contributed by atoms with Crippen molar-refractivity contribution in [3.8, 4) is 0 Å². The molecule has 0 amide bonds. The zero-order chi connectivity index (χ0) is 11.4. The number of nitrogens with zero attached hydrogens (tertiary/aromatic N) is 1. The number of hydrogen-bond acceptors (Lipinski definition) is 2. The average molecular weight is 341 g/mol. The van der Waals surface area contributed by atoms with Gasteiger partial charge in [-0.15, -0.1) is 0 Å². The second-order valence-corrected chi connectivity index (χ2v) is 3.72. The van der Waals surface area contributed by atoms with Gasteiger partial charge in [0.1, 0.15) is 5.69 Å². The summed E-state index contributed by atoms with van der Waals surface area (Å²) < 4.78 is 2.04. The van der Waals surface area contributed by atoms with E-state index in [0.717, 1.165) is 17.1 Å². The molecule has 3 N–H and O–H groups in total. The van der Waals surface area contributed by atoms with E-state index in [4.69, 9.17) is 5.73 Å². The monoisotopic (exact) mass is 341 g/mol. The van der Waals surface area contributed by atoms with E-state index in [9.17, 15) is 0 Å². The number of halogens is 1. The Morgan fingerprint density at radius 1 is 1.12 bits per heavy atom. The Bertz CT molecular complexity index is 468. The lowest BCUT2D eigenvalue weighted by Crippen LogP contribution is -3.00. The molecule has 1 heterocycles. The Morgan fingerprint density at radius 3 is 2.41 bits per heavy atom. The molecule has 0 saturated carbocycles. The first-order valence-corrected chi connectivity index (χ1v) is 5.30. The van der Waals surface area contributed by atoms with Gasteiger partial charge in [0, 0.05) is 12.6 Å². The molecule has 0 saturated heterocycles. The van der Waals surface area contributed by atoms with Crippen LogP contribution in [0.3, 0.4) is 0 Å². The molecular weight excluding hydrogens is 325 g/mol. The van der Waals surface area contributed by atoms with Crippen LogP contribution in [0.25, 0.3) is 0 Å². The lowest BCUT2D eigenvalue weighted by Gasteiger charge is -2.03. The maximum atomic E-state index is 5.55. The summed E-state index contributed by atoms with van der Waals surface area (Å²) in [6.07, 6.45) is 2.01. The van der Waals surface area contributed by atoms with Crippen molar-refractivity contribution in [1.82, 2.24) is 0 Å². The highest BCUT2D eigenvalue weighted by Gasteiger charge is 2.04. The van der Waals surface area contributed by atoms with Crippen LogP contribution in [0.1, 0.15) is 5.56 Å². The second kappa shape index (κ2) is 6.56. The summed E-state index contributed by atoms with van der Waals surface area (Å²) in [4.78, 5) is 0. The molecule has 0 fully saturated rings. The molecule has 90 valence electrons. The summed E-state index contributed by atoms with van der Waals surface area (Å²) >= 11 is 0. The van der Waals surface area contributed by atoms with Gasteiger partial charge in [-0.1, -0.05) is 18.2 Å². The minimum atomic E-state index is 0. The Hall–Kier alpha value is -1.14. The van der Waals surface area contributed by atoms with Gasteiger partial charge in [0.05, 0.1) is 13.2 Å². The van der Waals surface area contributed by atoms with Crippen LogP contribution >= 0.6 is 0 Å². The Kier molecular flexibility index (Phi) is 5.37. The van der Waals surface area contributed by atoms with Crippen LogP contribution in [0.4, 0.5) is 11.5 Å². The Labute approximate surface area is 119 Å². The number of aryl methyl sites for hydroxylation is 1. The van der Waals surface area contributed by atoms with Gasteiger partial charge < -0.3 is 29.7 Å². The third-order valence-corrected chi connectivity index (χ3v) is 2.52. The molecule has 0 radical (unpaired) electrons. The topological polar surface area (TPSA) is 41.9 Å². The number of hydrogen-bond donors (Lipinski definition) is 2. The molecule has 4 heteroatoms. The van der Waals surface area contributed by atoms with E-state index in [2.05, 4.69) is 5.32 Å². The van der Waals surface area contributed by atoms with E-state index >= 15 is 0 Å². The molecule has 2 rings (SSSR count). The van der Waals surface area contributed by atoms with Gasteiger partial charge in [-0.25, -0.2) is 9.88 Å². The van der Waals surface area contributed by atoms with Crippen molar-refractivity contribution in [1.29, 1.82) is 0 Å². The summed E-state index contributed by atoms with van der Waals surface area (Å²) in [6, 6.07) is 14.2. The standard InChI is InChI=1S/C13H15N3.HI/c1-16-9-3-2-4-13(16)15-12-7-5-11(10-14)6-8-12;/h2-9H,10,14H2,1H3;1H. The highest BCUT2D eigenvalue weighted by molar-refractivity contribution is 5.54. The van der Waals surface area contributed by atoms with Gasteiger partial charge >= 0.3 is 0 Å². The zero-order valence-corrected chi connectivity index (χ0v) is 11.9. The number of pyridine rings is 1. The van der Waals surface area contributed by atoms with Gasteiger partial charge in [0.25, 0.3) is 5.82 Å². The van der Waals surface area contributed by atoms with Gasteiger partial charge in [-0.3, -0.25) is 0 Å². The van der Waals surface area contributed by atoms with E-state index in [1.54, 1.807) is 0 Å². The fourth-order valence-electron chi connectivity index (χ4n) is 1.53. The first kappa shape index (κ1) is 13.9. The Balaban J connectivity index is 0.00000144. The van der Waals surface area contributed by atoms with Gasteiger partial charge in [0.2, 0.25) is 0 Å². The van der Waals surface area contributed by atoms with E-state index in [1.807, 2.05) is 60.3 Å². The number of nitrogens with two attached hydrogens (primary N) is 1. The first-order chi connectivity index (χ1) is 7.79. The summed E-state index contributed by atoms with van der Waals surface area (Å²) in [5, 5.41) is 3.35. The van der Waals surface area contributed by atoms with E-state index in [-0.39, 0.29) is 24.0 Å². The average Bonchev–Trinajstić information content (AvgIpc) is 2.33. The summed E-state index contributed by atoms with van der Waals surface area (Å²) in [6.45, 7) is 0.583. The minimum absolute atomic E-state index is 0. The molecule has 2 aromatic rings. The third-order valence-electron chi connectivity index (χ3n) is 2.52. The maximum absolute atomic E-state index is 5.55. The first-order valence-electron chi connectivity index (χ1n) is 5.30. The predicted molar refractivity (Wildman–Crippen MR) is 65.2 cm³/mol. The third kappa shape index (κ3) is 3.67. The van der Waals surface area contributed by atoms with E-state index < -0.39 is 0 Å². The molecule has 0 unspecified atom stereocenters. The number of nitrogens with one attached hydrogen (secondary N) is 1. The Morgan fingerprint density at radius 2 is 1.82 bits per heavy atom. The zero-order valence-electron chi connectivity index (χ0n) is 9.73. The van der Waals surface area contributed by atoms with Crippen LogP contribution in [0.15, 0.2) is 48.7 Å². The van der Waals surface area contributed by atoms with Crippen molar-refractivity contribution in [3.63, 3.8) is 0 Å². The minimum Gasteiger partial charge on any atom is -1.00 e. The largest absolute Gasteiger partial charge is 1.00 e. The van der Waals surface area contributed by atoms with Crippen molar-refractivity contribution >= 4 is 11.5 Å². The fraction of sp³-hybridized carbons (Fsp3) is 0.154. The molecule has 1 aromatic carbocycles. The number of aromatic nitrogens is 1. The van der Waals surface area contributed by atoms with Crippen LogP contribution in [0.5, 0.6) is 0 Å². The van der Waals surface area contributed by atoms with Crippen molar-refractivity contribution < 1.29 is 28.5 Å². The highest BCUT2D eigenvalue weighted by atomic mass is 127. The molecule has 0 atom stereocenters. The van der Waals surface area contributed by atoms with Gasteiger partial charge in [0.15, 0.2) is 0 Å². The van der Waals surface area contributed by atoms with Crippen molar-refractivity contribution in [3.05, 3.63) is 54.2 Å². The van der Waals surface area contributed by atoms with Gasteiger partial charge in [-0.2, -0.15) is 0 Å². The van der Waals surface area contributed by atoms with E-state index in [0.29, 0.717) is 6.54 Å². The van der Waals surface area contributed by atoms with Crippen LogP contribution < -0.4 is 39.6 Å². The fourth-order valence-corrected chi connectivity index (χ4v) is 1.53. The molecular formula is C13H16IN3. The highest BCUT2D eigenvalue weighted by Crippen LogP contribution is 2.13. The van der Waals surface area contributed by atoms with E-state index in [1.165, 1.54) is 0 Å². The van der Waals surface area contributed by atoms with Crippen LogP contribution in [0, 0.1) is 0 Å². The molecule has 0 aliphatic carbocycles. The van der Waals surface area contributed by atoms with Crippen LogP contribution in [0.2, 0.25) is 0 Å². The summed E-state index contributed by atoms with van der Waals surface area (Å²) in [5.41, 5.74) is 7.76. The summed E-state index contributed by atoms with van der Waals surface area (Å²) in [7, 11) is 2.01. The van der Waals surface area contributed by atoms with Crippen molar-refractivity contribution in [2.24, 2.45) is 12.8 Å².